The summed E-state index contributed by atoms with van der Waals surface area (Å²) < 4.78 is 104. The Labute approximate surface area is 266 Å². The van der Waals surface area contributed by atoms with Gasteiger partial charge in [0.1, 0.15) is 5.75 Å². The van der Waals surface area contributed by atoms with E-state index in [1.165, 1.54) is 12.1 Å². The van der Waals surface area contributed by atoms with E-state index in [0.717, 1.165) is 100 Å². The predicted octanol–water partition coefficient (Wildman–Crippen LogP) is 12.0. The number of benzene rings is 3. The second-order valence-electron chi connectivity index (χ2n) is 12.9. The van der Waals surface area contributed by atoms with E-state index >= 15 is 0 Å². The summed E-state index contributed by atoms with van der Waals surface area (Å²) in [6, 6.07) is 15.3. The number of hydrogen-bond acceptors (Lipinski definition) is 2. The van der Waals surface area contributed by atoms with E-state index in [4.69, 9.17) is 4.74 Å². The first-order valence-corrected chi connectivity index (χ1v) is 16.4. The Hall–Kier alpha value is -3.23. The second-order valence-corrected chi connectivity index (χ2v) is 12.9. The zero-order chi connectivity index (χ0) is 32.9. The number of rotatable bonds is 11. The number of unbranched alkanes of at least 4 members (excludes halogenated alkanes) is 2. The summed E-state index contributed by atoms with van der Waals surface area (Å²) in [7, 11) is 0. The Morgan fingerprint density at radius 1 is 0.630 bits per heavy atom. The fourth-order valence-electron chi connectivity index (χ4n) is 7.34. The molecule has 0 amide bonds. The van der Waals surface area contributed by atoms with Crippen LogP contribution in [0, 0.1) is 23.5 Å². The number of alkyl halides is 5. The first-order valence-electron chi connectivity index (χ1n) is 16.4. The first-order chi connectivity index (χ1) is 21.9. The third kappa shape index (κ3) is 8.77. The van der Waals surface area contributed by atoms with Crippen LogP contribution in [-0.4, -0.2) is 6.36 Å². The minimum atomic E-state index is -5.17. The minimum absolute atomic E-state index is 0.112. The van der Waals surface area contributed by atoms with Crippen LogP contribution in [0.5, 0.6) is 11.5 Å². The lowest BCUT2D eigenvalue weighted by Gasteiger charge is -2.38. The van der Waals surface area contributed by atoms with Crippen molar-refractivity contribution in [1.82, 2.24) is 0 Å². The number of hydrogen-bond donors (Lipinski definition) is 0. The van der Waals surface area contributed by atoms with Gasteiger partial charge in [0, 0.05) is 0 Å². The molecule has 250 valence electrons. The molecule has 0 heterocycles. The largest absolute Gasteiger partial charge is 0.573 e. The summed E-state index contributed by atoms with van der Waals surface area (Å²) in [6.45, 7) is 2.13. The van der Waals surface area contributed by atoms with Crippen molar-refractivity contribution in [2.24, 2.45) is 11.8 Å². The van der Waals surface area contributed by atoms with E-state index in [1.807, 2.05) is 12.1 Å². The van der Waals surface area contributed by atoms with Gasteiger partial charge in [-0.25, -0.2) is 8.78 Å². The molecule has 3 aromatic carbocycles. The quantitative estimate of drug-likeness (QED) is 0.152. The summed E-state index contributed by atoms with van der Waals surface area (Å²) in [6.07, 6.45) is 2.82. The molecule has 2 aliphatic carbocycles. The van der Waals surface area contributed by atoms with Gasteiger partial charge < -0.3 is 9.47 Å². The van der Waals surface area contributed by atoms with Crippen LogP contribution in [0.2, 0.25) is 0 Å². The lowest BCUT2D eigenvalue weighted by molar-refractivity contribution is -0.276. The van der Waals surface area contributed by atoms with Crippen LogP contribution in [-0.2, 0) is 12.5 Å². The van der Waals surface area contributed by atoms with E-state index in [-0.39, 0.29) is 17.2 Å². The van der Waals surface area contributed by atoms with Crippen molar-refractivity contribution < 1.29 is 40.2 Å². The van der Waals surface area contributed by atoms with Crippen LogP contribution in [0.1, 0.15) is 112 Å². The van der Waals surface area contributed by atoms with Gasteiger partial charge in [-0.1, -0.05) is 44.0 Å². The van der Waals surface area contributed by atoms with Crippen LogP contribution in [0.25, 0.3) is 0 Å². The predicted molar refractivity (Wildman–Crippen MR) is 163 cm³/mol. The fourth-order valence-corrected chi connectivity index (χ4v) is 7.34. The third-order valence-electron chi connectivity index (χ3n) is 9.88. The molecule has 0 N–H and O–H groups in total. The van der Waals surface area contributed by atoms with Crippen LogP contribution in [0.3, 0.4) is 0 Å². The zero-order valence-corrected chi connectivity index (χ0v) is 26.0. The van der Waals surface area contributed by atoms with Crippen LogP contribution >= 0.6 is 0 Å². The van der Waals surface area contributed by atoms with Crippen molar-refractivity contribution in [2.45, 2.75) is 108 Å². The summed E-state index contributed by atoms with van der Waals surface area (Å²) in [5.41, 5.74) is 2.35. The van der Waals surface area contributed by atoms with Gasteiger partial charge in [0.25, 0.3) is 0 Å². The molecule has 0 aliphatic heterocycles. The highest BCUT2D eigenvalue weighted by Gasteiger charge is 2.37. The van der Waals surface area contributed by atoms with Crippen molar-refractivity contribution >= 4 is 0 Å². The van der Waals surface area contributed by atoms with E-state index in [9.17, 15) is 30.7 Å². The van der Waals surface area contributed by atoms with Crippen molar-refractivity contribution in [3.8, 4) is 11.5 Å². The summed E-state index contributed by atoms with van der Waals surface area (Å²) in [5.74, 6) is -2.73. The van der Waals surface area contributed by atoms with Gasteiger partial charge in [-0.3, -0.25) is 0 Å². The van der Waals surface area contributed by atoms with Crippen LogP contribution < -0.4 is 9.47 Å². The molecular formula is C37H41F7O2. The first kappa shape index (κ1) is 34.1. The summed E-state index contributed by atoms with van der Waals surface area (Å²) in [5, 5.41) is 0. The SMILES string of the molecule is CCCCCc1ccc(C(F)(F)Oc2ccc(C3CCC(C4CCC(c5cc(F)c(OC(F)(F)F)c(F)c5)CC4)CC3)cc2)cc1. The van der Waals surface area contributed by atoms with Gasteiger partial charge >= 0.3 is 12.5 Å². The third-order valence-corrected chi connectivity index (χ3v) is 9.88. The topological polar surface area (TPSA) is 18.5 Å². The molecule has 0 saturated heterocycles. The van der Waals surface area contributed by atoms with Crippen molar-refractivity contribution in [3.05, 3.63) is 94.6 Å². The molecule has 46 heavy (non-hydrogen) atoms. The Morgan fingerprint density at radius 3 is 1.65 bits per heavy atom. The highest BCUT2D eigenvalue weighted by Crippen LogP contribution is 2.46. The van der Waals surface area contributed by atoms with Crippen LogP contribution in [0.15, 0.2) is 60.7 Å². The minimum Gasteiger partial charge on any atom is -0.429 e. The molecule has 3 aromatic rings. The molecule has 0 atom stereocenters. The maximum Gasteiger partial charge on any atom is 0.573 e. The van der Waals surface area contributed by atoms with Gasteiger partial charge in [-0.05, 0) is 141 Å². The van der Waals surface area contributed by atoms with Crippen molar-refractivity contribution in [2.75, 3.05) is 0 Å². The number of ether oxygens (including phenoxy) is 2. The smallest absolute Gasteiger partial charge is 0.429 e. The number of halogens is 7. The summed E-state index contributed by atoms with van der Waals surface area (Å²) in [4.78, 5) is 0. The van der Waals surface area contributed by atoms with Gasteiger partial charge in [0.2, 0.25) is 5.75 Å². The molecule has 0 radical (unpaired) electrons. The molecule has 2 fully saturated rings. The van der Waals surface area contributed by atoms with E-state index in [1.54, 1.807) is 24.3 Å². The Balaban J connectivity index is 1.09. The van der Waals surface area contributed by atoms with Gasteiger partial charge in [-0.2, -0.15) is 8.78 Å². The highest BCUT2D eigenvalue weighted by atomic mass is 19.4. The van der Waals surface area contributed by atoms with E-state index in [2.05, 4.69) is 11.7 Å². The molecule has 0 bridgehead atoms. The fraction of sp³-hybridized carbons (Fsp3) is 0.514. The maximum atomic E-state index is 14.9. The molecule has 2 aliphatic rings. The Kier molecular flexibility index (Phi) is 10.9. The van der Waals surface area contributed by atoms with Gasteiger partial charge in [-0.15, -0.1) is 13.2 Å². The molecule has 0 spiro atoms. The summed E-state index contributed by atoms with van der Waals surface area (Å²) >= 11 is 0. The van der Waals surface area contributed by atoms with E-state index < -0.39 is 29.9 Å². The van der Waals surface area contributed by atoms with Crippen molar-refractivity contribution in [3.63, 3.8) is 0 Å². The van der Waals surface area contributed by atoms with Gasteiger partial charge in [0.15, 0.2) is 11.6 Å². The average molecular weight is 651 g/mol. The molecule has 9 heteroatoms. The molecule has 5 rings (SSSR count). The Morgan fingerprint density at radius 2 is 1.15 bits per heavy atom. The zero-order valence-electron chi connectivity index (χ0n) is 26.0. The lowest BCUT2D eigenvalue weighted by Crippen LogP contribution is -2.25. The van der Waals surface area contributed by atoms with Crippen LogP contribution in [0.4, 0.5) is 30.7 Å². The second kappa shape index (κ2) is 14.7. The molecule has 0 aromatic heterocycles. The maximum absolute atomic E-state index is 14.9. The van der Waals surface area contributed by atoms with Gasteiger partial charge in [0.05, 0.1) is 5.56 Å². The molecular weight excluding hydrogens is 609 g/mol. The highest BCUT2D eigenvalue weighted by molar-refractivity contribution is 5.34. The number of aryl methyl sites for hydroxylation is 1. The Bertz CT molecular complexity index is 1380. The van der Waals surface area contributed by atoms with Crippen molar-refractivity contribution in [1.29, 1.82) is 0 Å². The molecule has 2 saturated carbocycles. The lowest BCUT2D eigenvalue weighted by atomic mass is 9.67. The normalized spacial score (nSPS) is 22.4. The molecule has 2 nitrogen and oxygen atoms in total. The standard InChI is InChI=1S/C37H41F7O2/c1-2-3-4-5-24-6-18-31(19-7-24)36(40,41)45-32-20-16-28(17-21-32)27-10-8-25(9-11-27)26-12-14-29(15-13-26)30-22-33(38)35(34(39)23-30)46-37(42,43)44/h6-7,16-23,25-27,29H,2-5,8-15H2,1H3. The monoisotopic (exact) mass is 650 g/mol. The average Bonchev–Trinajstić information content (AvgIpc) is 3.03. The molecule has 0 unspecified atom stereocenters. The van der Waals surface area contributed by atoms with E-state index in [0.29, 0.717) is 23.3 Å².